The van der Waals surface area contributed by atoms with E-state index in [1.54, 1.807) is 11.3 Å². The van der Waals surface area contributed by atoms with Crippen LogP contribution in [-0.2, 0) is 6.54 Å². The Bertz CT molecular complexity index is 494. The monoisotopic (exact) mass is 218 g/mol. The summed E-state index contributed by atoms with van der Waals surface area (Å²) in [5.74, 6) is 0. The summed E-state index contributed by atoms with van der Waals surface area (Å²) in [4.78, 5) is 5.68. The number of para-hydroxylation sites is 1. The zero-order chi connectivity index (χ0) is 10.7. The highest BCUT2D eigenvalue weighted by Gasteiger charge is 1.97. The fraction of sp³-hybridized carbons (Fsp3) is 0.250. The molecule has 0 aliphatic heterocycles. The summed E-state index contributed by atoms with van der Waals surface area (Å²) in [6, 6.07) is 10.1. The predicted molar refractivity (Wildman–Crippen MR) is 64.4 cm³/mol. The van der Waals surface area contributed by atoms with Gasteiger partial charge < -0.3 is 4.57 Å². The Morgan fingerprint density at radius 1 is 1.27 bits per heavy atom. The number of hydrogen-bond donors (Lipinski definition) is 0. The first-order valence-electron chi connectivity index (χ1n) is 5.06. The van der Waals surface area contributed by atoms with Crippen molar-refractivity contribution in [2.45, 2.75) is 20.4 Å². The molecule has 0 saturated carbocycles. The van der Waals surface area contributed by atoms with Crippen molar-refractivity contribution in [3.05, 3.63) is 46.2 Å². The van der Waals surface area contributed by atoms with Crippen LogP contribution in [0.2, 0.25) is 0 Å². The number of thiazole rings is 1. The molecule has 78 valence electrons. The molecule has 2 aromatic rings. The molecule has 2 nitrogen and oxygen atoms in total. The Balaban J connectivity index is 2.50. The van der Waals surface area contributed by atoms with Crippen LogP contribution in [0.3, 0.4) is 0 Å². The van der Waals surface area contributed by atoms with Gasteiger partial charge in [0, 0.05) is 17.6 Å². The first kappa shape index (κ1) is 10.2. The lowest BCUT2D eigenvalue weighted by Gasteiger charge is -1.99. The molecule has 0 radical (unpaired) electrons. The lowest BCUT2D eigenvalue weighted by Crippen LogP contribution is -2.14. The highest BCUT2D eigenvalue weighted by molar-refractivity contribution is 7.07. The third-order valence-corrected chi connectivity index (χ3v) is 3.27. The normalized spacial score (nSPS) is 12.0. The molecule has 0 atom stereocenters. The second-order valence-electron chi connectivity index (χ2n) is 3.35. The Kier molecular flexibility index (Phi) is 3.02. The Morgan fingerprint density at radius 2 is 2.00 bits per heavy atom. The lowest BCUT2D eigenvalue weighted by atomic mass is 10.3. The van der Waals surface area contributed by atoms with E-state index in [1.165, 1.54) is 5.69 Å². The summed E-state index contributed by atoms with van der Waals surface area (Å²) in [5, 5.41) is 2.14. The van der Waals surface area contributed by atoms with E-state index >= 15 is 0 Å². The Hall–Kier alpha value is -1.35. The van der Waals surface area contributed by atoms with E-state index in [-0.39, 0.29) is 0 Å². The summed E-state index contributed by atoms with van der Waals surface area (Å²) >= 11 is 1.69. The van der Waals surface area contributed by atoms with Crippen LogP contribution in [0.25, 0.3) is 0 Å². The van der Waals surface area contributed by atoms with Crippen LogP contribution in [0.15, 0.2) is 40.7 Å². The first-order valence-corrected chi connectivity index (χ1v) is 5.94. The van der Waals surface area contributed by atoms with Crippen LogP contribution in [0.1, 0.15) is 12.6 Å². The van der Waals surface area contributed by atoms with Crippen molar-refractivity contribution in [3.8, 4) is 0 Å². The van der Waals surface area contributed by atoms with Gasteiger partial charge in [0.2, 0.25) is 0 Å². The molecular weight excluding hydrogens is 204 g/mol. The molecule has 0 N–H and O–H groups in total. The molecule has 1 heterocycles. The number of aromatic nitrogens is 1. The fourth-order valence-electron chi connectivity index (χ4n) is 1.50. The van der Waals surface area contributed by atoms with Crippen LogP contribution in [-0.4, -0.2) is 4.57 Å². The SMILES string of the molecule is CCn1c(C)csc1=Nc1ccccc1. The molecule has 1 aromatic carbocycles. The maximum Gasteiger partial charge on any atom is 0.190 e. The summed E-state index contributed by atoms with van der Waals surface area (Å²) in [7, 11) is 0. The van der Waals surface area contributed by atoms with Gasteiger partial charge in [-0.15, -0.1) is 11.3 Å². The van der Waals surface area contributed by atoms with Crippen molar-refractivity contribution in [1.82, 2.24) is 4.57 Å². The molecular formula is C12H14N2S. The third kappa shape index (κ3) is 2.18. The van der Waals surface area contributed by atoms with Gasteiger partial charge in [-0.05, 0) is 26.0 Å². The minimum Gasteiger partial charge on any atom is -0.321 e. The van der Waals surface area contributed by atoms with Gasteiger partial charge in [0.1, 0.15) is 0 Å². The molecule has 0 aliphatic rings. The summed E-state index contributed by atoms with van der Waals surface area (Å²) in [6.07, 6.45) is 0. The van der Waals surface area contributed by atoms with Gasteiger partial charge in [-0.25, -0.2) is 4.99 Å². The lowest BCUT2D eigenvalue weighted by molar-refractivity contribution is 0.712. The maximum atomic E-state index is 4.61. The molecule has 1 aromatic heterocycles. The topological polar surface area (TPSA) is 17.3 Å². The Labute approximate surface area is 93.5 Å². The van der Waals surface area contributed by atoms with Crippen molar-refractivity contribution >= 4 is 17.0 Å². The van der Waals surface area contributed by atoms with E-state index in [2.05, 4.69) is 28.8 Å². The van der Waals surface area contributed by atoms with E-state index in [4.69, 9.17) is 0 Å². The first-order chi connectivity index (χ1) is 7.31. The second kappa shape index (κ2) is 4.45. The zero-order valence-electron chi connectivity index (χ0n) is 8.97. The standard InChI is InChI=1S/C12H14N2S/c1-3-14-10(2)9-15-12(14)13-11-7-5-4-6-8-11/h4-9H,3H2,1-2H3. The van der Waals surface area contributed by atoms with Crippen molar-refractivity contribution < 1.29 is 0 Å². The van der Waals surface area contributed by atoms with Crippen molar-refractivity contribution in [1.29, 1.82) is 0 Å². The molecule has 2 rings (SSSR count). The van der Waals surface area contributed by atoms with Gasteiger partial charge in [-0.3, -0.25) is 0 Å². The smallest absolute Gasteiger partial charge is 0.190 e. The van der Waals surface area contributed by atoms with Crippen LogP contribution in [0.5, 0.6) is 0 Å². The number of nitrogens with zero attached hydrogens (tertiary/aromatic N) is 2. The molecule has 0 saturated heterocycles. The quantitative estimate of drug-likeness (QED) is 0.737. The van der Waals surface area contributed by atoms with Crippen LogP contribution in [0, 0.1) is 6.92 Å². The van der Waals surface area contributed by atoms with Gasteiger partial charge in [-0.1, -0.05) is 18.2 Å². The molecule has 0 bridgehead atoms. The number of aryl methyl sites for hydroxylation is 1. The molecule has 15 heavy (non-hydrogen) atoms. The molecule has 3 heteroatoms. The van der Waals surface area contributed by atoms with Crippen LogP contribution < -0.4 is 4.80 Å². The summed E-state index contributed by atoms with van der Waals surface area (Å²) < 4.78 is 2.22. The van der Waals surface area contributed by atoms with Gasteiger partial charge in [0.25, 0.3) is 0 Å². The average molecular weight is 218 g/mol. The minimum atomic E-state index is 0.973. The number of benzene rings is 1. The van der Waals surface area contributed by atoms with Crippen LogP contribution in [0.4, 0.5) is 5.69 Å². The van der Waals surface area contributed by atoms with Gasteiger partial charge in [-0.2, -0.15) is 0 Å². The number of rotatable bonds is 2. The average Bonchev–Trinajstić information content (AvgIpc) is 2.61. The summed E-state index contributed by atoms with van der Waals surface area (Å²) in [6.45, 7) is 5.23. The van der Waals surface area contributed by atoms with Gasteiger partial charge >= 0.3 is 0 Å². The van der Waals surface area contributed by atoms with E-state index in [9.17, 15) is 0 Å². The molecule has 0 spiro atoms. The largest absolute Gasteiger partial charge is 0.321 e. The van der Waals surface area contributed by atoms with Crippen molar-refractivity contribution in [2.75, 3.05) is 0 Å². The minimum absolute atomic E-state index is 0.973. The van der Waals surface area contributed by atoms with Gasteiger partial charge in [0.05, 0.1) is 5.69 Å². The Morgan fingerprint density at radius 3 is 2.67 bits per heavy atom. The highest BCUT2D eigenvalue weighted by Crippen LogP contribution is 2.09. The second-order valence-corrected chi connectivity index (χ2v) is 4.19. The highest BCUT2D eigenvalue weighted by atomic mass is 32.1. The third-order valence-electron chi connectivity index (χ3n) is 2.29. The molecule has 0 amide bonds. The van der Waals surface area contributed by atoms with E-state index in [1.807, 2.05) is 30.3 Å². The predicted octanol–water partition coefficient (Wildman–Crippen LogP) is 3.11. The van der Waals surface area contributed by atoms with Crippen molar-refractivity contribution in [3.63, 3.8) is 0 Å². The van der Waals surface area contributed by atoms with Crippen LogP contribution >= 0.6 is 11.3 Å². The van der Waals surface area contributed by atoms with Crippen molar-refractivity contribution in [2.24, 2.45) is 4.99 Å². The van der Waals surface area contributed by atoms with Gasteiger partial charge in [0.15, 0.2) is 4.80 Å². The molecule has 0 fully saturated rings. The fourth-order valence-corrected chi connectivity index (χ4v) is 2.46. The zero-order valence-corrected chi connectivity index (χ0v) is 9.79. The number of hydrogen-bond acceptors (Lipinski definition) is 2. The maximum absolute atomic E-state index is 4.61. The molecule has 0 unspecified atom stereocenters. The van der Waals surface area contributed by atoms with E-state index in [0.717, 1.165) is 17.0 Å². The summed E-state index contributed by atoms with van der Waals surface area (Å²) in [5.41, 5.74) is 2.29. The molecule has 0 aliphatic carbocycles. The van der Waals surface area contributed by atoms with E-state index < -0.39 is 0 Å². The van der Waals surface area contributed by atoms with E-state index in [0.29, 0.717) is 0 Å².